The van der Waals surface area contributed by atoms with Gasteiger partial charge in [0.2, 0.25) is 0 Å². The van der Waals surface area contributed by atoms with Crippen LogP contribution in [0.1, 0.15) is 24.8 Å². The number of ether oxygens (including phenoxy) is 1. The lowest BCUT2D eigenvalue weighted by Gasteiger charge is -2.30. The zero-order valence-corrected chi connectivity index (χ0v) is 12.1. The van der Waals surface area contributed by atoms with E-state index < -0.39 is 0 Å². The first-order chi connectivity index (χ1) is 9.86. The number of hydrogen-bond acceptors (Lipinski definition) is 4. The molecule has 4 nitrogen and oxygen atoms in total. The van der Waals surface area contributed by atoms with Gasteiger partial charge >= 0.3 is 0 Å². The number of anilines is 1. The van der Waals surface area contributed by atoms with Crippen LogP contribution in [0.4, 0.5) is 5.69 Å². The fourth-order valence-corrected chi connectivity index (χ4v) is 2.65. The number of pyridine rings is 1. The Morgan fingerprint density at radius 3 is 3.05 bits per heavy atom. The van der Waals surface area contributed by atoms with Crippen molar-refractivity contribution < 1.29 is 4.74 Å². The van der Waals surface area contributed by atoms with Crippen molar-refractivity contribution in [3.63, 3.8) is 0 Å². The molecule has 0 unspecified atom stereocenters. The average molecular weight is 273 g/mol. The number of nitrogens with zero attached hydrogens (tertiary/aromatic N) is 2. The van der Waals surface area contributed by atoms with Gasteiger partial charge in [0.1, 0.15) is 0 Å². The molecular weight excluding hydrogens is 250 g/mol. The Morgan fingerprint density at radius 2 is 2.35 bits per heavy atom. The summed E-state index contributed by atoms with van der Waals surface area (Å²) in [4.78, 5) is 6.72. The van der Waals surface area contributed by atoms with E-state index in [0.29, 0.717) is 0 Å². The number of hydrogen-bond donors (Lipinski definition) is 1. The Hall–Kier alpha value is -1.39. The lowest BCUT2D eigenvalue weighted by molar-refractivity contribution is 0.222. The molecule has 108 valence electrons. The highest BCUT2D eigenvalue weighted by Crippen LogP contribution is 2.25. The third kappa shape index (κ3) is 3.38. The number of nitrogens with one attached hydrogen (secondary N) is 1. The second-order valence-corrected chi connectivity index (χ2v) is 5.65. The van der Waals surface area contributed by atoms with Crippen LogP contribution in [0, 0.1) is 0 Å². The first-order valence-corrected chi connectivity index (χ1v) is 7.45. The van der Waals surface area contributed by atoms with Crippen LogP contribution in [-0.2, 0) is 11.3 Å². The van der Waals surface area contributed by atoms with Gasteiger partial charge in [-0.1, -0.05) is 6.08 Å². The molecule has 1 aromatic heterocycles. The lowest BCUT2D eigenvalue weighted by atomic mass is 10.1. The highest BCUT2D eigenvalue weighted by atomic mass is 16.5. The Bertz CT molecular complexity index is 482. The summed E-state index contributed by atoms with van der Waals surface area (Å²) in [5.74, 6) is 0. The van der Waals surface area contributed by atoms with Gasteiger partial charge in [-0.25, -0.2) is 0 Å². The molecule has 2 aliphatic rings. The van der Waals surface area contributed by atoms with Crippen molar-refractivity contribution in [2.45, 2.75) is 31.8 Å². The van der Waals surface area contributed by atoms with E-state index >= 15 is 0 Å². The summed E-state index contributed by atoms with van der Waals surface area (Å²) in [5, 5.41) is 3.58. The molecule has 1 N–H and O–H groups in total. The predicted molar refractivity (Wildman–Crippen MR) is 80.9 cm³/mol. The van der Waals surface area contributed by atoms with Crippen LogP contribution in [-0.4, -0.2) is 37.8 Å². The molecule has 0 saturated heterocycles. The van der Waals surface area contributed by atoms with E-state index in [-0.39, 0.29) is 0 Å². The average Bonchev–Trinajstić information content (AvgIpc) is 3.31. The SMILES string of the molecule is COCC1=CCN(c2ccncc2CNC2CC2)CC1. The summed E-state index contributed by atoms with van der Waals surface area (Å²) in [6.45, 7) is 3.73. The fourth-order valence-electron chi connectivity index (χ4n) is 2.65. The van der Waals surface area contributed by atoms with Crippen molar-refractivity contribution in [3.05, 3.63) is 35.7 Å². The highest BCUT2D eigenvalue weighted by molar-refractivity contribution is 5.53. The van der Waals surface area contributed by atoms with Gasteiger partial charge in [0.05, 0.1) is 6.61 Å². The second-order valence-electron chi connectivity index (χ2n) is 5.65. The van der Waals surface area contributed by atoms with E-state index in [1.807, 2.05) is 12.4 Å². The van der Waals surface area contributed by atoms with Gasteiger partial charge in [-0.15, -0.1) is 0 Å². The van der Waals surface area contributed by atoms with Crippen LogP contribution in [0.25, 0.3) is 0 Å². The van der Waals surface area contributed by atoms with Gasteiger partial charge in [0.15, 0.2) is 0 Å². The maximum Gasteiger partial charge on any atom is 0.0674 e. The molecule has 1 aliphatic carbocycles. The molecule has 20 heavy (non-hydrogen) atoms. The molecular formula is C16H23N3O. The highest BCUT2D eigenvalue weighted by Gasteiger charge is 2.21. The van der Waals surface area contributed by atoms with Gasteiger partial charge < -0.3 is 15.0 Å². The third-order valence-electron chi connectivity index (χ3n) is 4.01. The normalized spacial score (nSPS) is 19.1. The number of aromatic nitrogens is 1. The molecule has 0 spiro atoms. The predicted octanol–water partition coefficient (Wildman–Crippen LogP) is 2.12. The summed E-state index contributed by atoms with van der Waals surface area (Å²) in [6, 6.07) is 2.87. The molecule has 4 heteroatoms. The first kappa shape index (κ1) is 13.6. The van der Waals surface area contributed by atoms with Gasteiger partial charge in [-0.2, -0.15) is 0 Å². The lowest BCUT2D eigenvalue weighted by Crippen LogP contribution is -2.31. The Labute approximate surface area is 120 Å². The molecule has 1 fully saturated rings. The quantitative estimate of drug-likeness (QED) is 0.806. The maximum absolute atomic E-state index is 5.21. The van der Waals surface area contributed by atoms with E-state index in [1.54, 1.807) is 7.11 Å². The van der Waals surface area contributed by atoms with E-state index in [1.165, 1.54) is 29.7 Å². The Balaban J connectivity index is 1.66. The molecule has 1 aliphatic heterocycles. The van der Waals surface area contributed by atoms with Crippen LogP contribution in [0.15, 0.2) is 30.1 Å². The fraction of sp³-hybridized carbons (Fsp3) is 0.562. The van der Waals surface area contributed by atoms with Crippen LogP contribution < -0.4 is 10.2 Å². The summed E-state index contributed by atoms with van der Waals surface area (Å²) < 4.78 is 5.21. The van der Waals surface area contributed by atoms with Crippen molar-refractivity contribution in [2.24, 2.45) is 0 Å². The smallest absolute Gasteiger partial charge is 0.0674 e. The summed E-state index contributed by atoms with van der Waals surface area (Å²) >= 11 is 0. The Kier molecular flexibility index (Phi) is 4.33. The van der Waals surface area contributed by atoms with E-state index in [0.717, 1.165) is 38.7 Å². The van der Waals surface area contributed by atoms with Gasteiger partial charge in [-0.05, 0) is 30.9 Å². The monoisotopic (exact) mass is 273 g/mol. The summed E-state index contributed by atoms with van der Waals surface area (Å²) in [6.07, 6.45) is 9.92. The van der Waals surface area contributed by atoms with Crippen LogP contribution in [0.5, 0.6) is 0 Å². The van der Waals surface area contributed by atoms with Gasteiger partial charge in [0.25, 0.3) is 0 Å². The Morgan fingerprint density at radius 1 is 1.45 bits per heavy atom. The van der Waals surface area contributed by atoms with Crippen LogP contribution >= 0.6 is 0 Å². The second kappa shape index (κ2) is 6.37. The van der Waals surface area contributed by atoms with Crippen molar-refractivity contribution in [1.29, 1.82) is 0 Å². The van der Waals surface area contributed by atoms with Crippen molar-refractivity contribution in [1.82, 2.24) is 10.3 Å². The van der Waals surface area contributed by atoms with Crippen molar-refractivity contribution in [3.8, 4) is 0 Å². The van der Waals surface area contributed by atoms with Crippen LogP contribution in [0.3, 0.4) is 0 Å². The van der Waals surface area contributed by atoms with E-state index in [2.05, 4.69) is 27.3 Å². The molecule has 0 bridgehead atoms. The molecule has 1 aromatic rings. The molecule has 1 saturated carbocycles. The topological polar surface area (TPSA) is 37.4 Å². The van der Waals surface area contributed by atoms with Crippen molar-refractivity contribution >= 4 is 5.69 Å². The van der Waals surface area contributed by atoms with E-state index in [4.69, 9.17) is 4.74 Å². The minimum atomic E-state index is 0.734. The largest absolute Gasteiger partial charge is 0.380 e. The molecule has 0 radical (unpaired) electrons. The molecule has 0 atom stereocenters. The van der Waals surface area contributed by atoms with Crippen LogP contribution in [0.2, 0.25) is 0 Å². The molecule has 2 heterocycles. The summed E-state index contributed by atoms with van der Waals surface area (Å²) in [7, 11) is 1.76. The molecule has 0 aromatic carbocycles. The maximum atomic E-state index is 5.21. The summed E-state index contributed by atoms with van der Waals surface area (Å²) in [5.41, 5.74) is 4.04. The number of methoxy groups -OCH3 is 1. The zero-order chi connectivity index (χ0) is 13.8. The first-order valence-electron chi connectivity index (χ1n) is 7.45. The zero-order valence-electron chi connectivity index (χ0n) is 12.1. The number of rotatable bonds is 6. The van der Waals surface area contributed by atoms with Crippen molar-refractivity contribution in [2.75, 3.05) is 31.7 Å². The minimum Gasteiger partial charge on any atom is -0.380 e. The van der Waals surface area contributed by atoms with E-state index in [9.17, 15) is 0 Å². The third-order valence-corrected chi connectivity index (χ3v) is 4.01. The van der Waals surface area contributed by atoms with Gasteiger partial charge in [0, 0.05) is 56.4 Å². The minimum absolute atomic E-state index is 0.734. The molecule has 3 rings (SSSR count). The standard InChI is InChI=1S/C16H23N3O/c1-20-12-13-5-8-19(9-6-13)16-4-7-17-10-14(16)11-18-15-2-3-15/h4-5,7,10,15,18H,2-3,6,8-9,11-12H2,1H3. The van der Waals surface area contributed by atoms with Gasteiger partial charge in [-0.3, -0.25) is 4.98 Å². The molecule has 0 amide bonds.